The number of nitrogens with one attached hydrogen (secondary N) is 2. The smallest absolute Gasteiger partial charge is 0.238 e. The average Bonchev–Trinajstić information content (AvgIpc) is 3.32. The second kappa shape index (κ2) is 7.94. The van der Waals surface area contributed by atoms with E-state index in [9.17, 15) is 9.59 Å². The summed E-state index contributed by atoms with van der Waals surface area (Å²) in [5, 5.41) is 4.00. The molecule has 1 saturated heterocycles. The molecule has 3 fully saturated rings. The van der Waals surface area contributed by atoms with E-state index in [-0.39, 0.29) is 17.6 Å². The maximum atomic E-state index is 12.8. The number of Topliss-reactive ketones (excluding diaryl/α,β-unsaturated/α-hetero) is 1. The highest BCUT2D eigenvalue weighted by Crippen LogP contribution is 2.38. The number of ketones is 1. The summed E-state index contributed by atoms with van der Waals surface area (Å²) >= 11 is 0. The van der Waals surface area contributed by atoms with E-state index in [1.807, 2.05) is 24.3 Å². The number of hydrogen-bond acceptors (Lipinski definition) is 3. The molecular weight excluding hydrogens is 362 g/mol. The molecule has 5 heteroatoms. The summed E-state index contributed by atoms with van der Waals surface area (Å²) in [6.45, 7) is 2.43. The van der Waals surface area contributed by atoms with Crippen molar-refractivity contribution in [3.05, 3.63) is 30.0 Å². The molecular formula is C24H31N3O2. The number of aromatic amines is 1. The fourth-order valence-corrected chi connectivity index (χ4v) is 5.40. The Morgan fingerprint density at radius 3 is 2.38 bits per heavy atom. The van der Waals surface area contributed by atoms with E-state index >= 15 is 0 Å². The van der Waals surface area contributed by atoms with Gasteiger partial charge in [-0.2, -0.15) is 0 Å². The first-order chi connectivity index (χ1) is 14.2. The van der Waals surface area contributed by atoms with Crippen LogP contribution in [-0.2, 0) is 4.79 Å². The van der Waals surface area contributed by atoms with Crippen molar-refractivity contribution in [1.29, 1.82) is 0 Å². The summed E-state index contributed by atoms with van der Waals surface area (Å²) in [6.07, 6.45) is 9.97. The number of aromatic nitrogens is 1. The Morgan fingerprint density at radius 1 is 0.966 bits per heavy atom. The van der Waals surface area contributed by atoms with E-state index in [1.165, 1.54) is 38.5 Å². The minimum atomic E-state index is -0.0149. The van der Waals surface area contributed by atoms with Crippen LogP contribution in [0.25, 0.3) is 10.9 Å². The summed E-state index contributed by atoms with van der Waals surface area (Å²) < 4.78 is 0. The van der Waals surface area contributed by atoms with Crippen molar-refractivity contribution in [3.63, 3.8) is 0 Å². The summed E-state index contributed by atoms with van der Waals surface area (Å²) in [7, 11) is 0. The molecule has 0 unspecified atom stereocenters. The topological polar surface area (TPSA) is 65.2 Å². The van der Waals surface area contributed by atoms with Crippen LogP contribution in [0.3, 0.4) is 0 Å². The van der Waals surface area contributed by atoms with Gasteiger partial charge in [0.25, 0.3) is 0 Å². The molecule has 2 N–H and O–H groups in total. The standard InChI is InChI=1S/C24H31N3O2/c28-21(15-27-13-11-17(12-14-27)16-5-1-2-6-16)26-22-19-7-3-4-8-20(19)25-23(22)24(29)18-9-10-18/h3-4,7-8,16-18,25H,1-2,5-6,9-15H2,(H,26,28). The molecule has 0 spiro atoms. The van der Waals surface area contributed by atoms with Gasteiger partial charge in [0.1, 0.15) is 5.69 Å². The monoisotopic (exact) mass is 393 g/mol. The third kappa shape index (κ3) is 3.97. The number of nitrogens with zero attached hydrogens (tertiary/aromatic N) is 1. The number of fused-ring (bicyclic) bond motifs is 1. The second-order valence-electron chi connectivity index (χ2n) is 9.27. The quantitative estimate of drug-likeness (QED) is 0.705. The highest BCUT2D eigenvalue weighted by atomic mass is 16.2. The number of anilines is 1. The van der Waals surface area contributed by atoms with E-state index in [1.54, 1.807) is 0 Å². The molecule has 1 aromatic heterocycles. The van der Waals surface area contributed by atoms with Crippen LogP contribution in [0.2, 0.25) is 0 Å². The Morgan fingerprint density at radius 2 is 1.66 bits per heavy atom. The van der Waals surface area contributed by atoms with Crippen molar-refractivity contribution in [2.45, 2.75) is 51.4 Å². The van der Waals surface area contributed by atoms with E-state index < -0.39 is 0 Å². The van der Waals surface area contributed by atoms with Crippen LogP contribution in [0, 0.1) is 17.8 Å². The lowest BCUT2D eigenvalue weighted by Crippen LogP contribution is -2.40. The fourth-order valence-electron chi connectivity index (χ4n) is 5.40. The van der Waals surface area contributed by atoms with Gasteiger partial charge < -0.3 is 10.3 Å². The largest absolute Gasteiger partial charge is 0.350 e. The predicted octanol–water partition coefficient (Wildman–Crippen LogP) is 4.60. The van der Waals surface area contributed by atoms with Crippen molar-refractivity contribution in [2.75, 3.05) is 25.0 Å². The zero-order chi connectivity index (χ0) is 19.8. The van der Waals surface area contributed by atoms with Crippen molar-refractivity contribution in [1.82, 2.24) is 9.88 Å². The van der Waals surface area contributed by atoms with Gasteiger partial charge in [0.15, 0.2) is 5.78 Å². The lowest BCUT2D eigenvalue weighted by molar-refractivity contribution is -0.117. The van der Waals surface area contributed by atoms with Gasteiger partial charge in [0, 0.05) is 16.8 Å². The van der Waals surface area contributed by atoms with Crippen LogP contribution >= 0.6 is 0 Å². The van der Waals surface area contributed by atoms with Crippen molar-refractivity contribution in [3.8, 4) is 0 Å². The van der Waals surface area contributed by atoms with Gasteiger partial charge in [-0.25, -0.2) is 0 Å². The Balaban J connectivity index is 1.24. The first-order valence-corrected chi connectivity index (χ1v) is 11.4. The second-order valence-corrected chi connectivity index (χ2v) is 9.27. The maximum absolute atomic E-state index is 12.8. The lowest BCUT2D eigenvalue weighted by Gasteiger charge is -2.34. The van der Waals surface area contributed by atoms with Crippen molar-refractivity contribution in [2.24, 2.45) is 17.8 Å². The number of hydrogen-bond donors (Lipinski definition) is 2. The predicted molar refractivity (Wildman–Crippen MR) is 115 cm³/mol. The number of para-hydroxylation sites is 1. The zero-order valence-corrected chi connectivity index (χ0v) is 17.1. The number of carbonyl (C=O) groups is 2. The van der Waals surface area contributed by atoms with Gasteiger partial charge >= 0.3 is 0 Å². The van der Waals surface area contributed by atoms with Gasteiger partial charge in [0.2, 0.25) is 5.91 Å². The molecule has 1 aromatic carbocycles. The number of piperidine rings is 1. The van der Waals surface area contributed by atoms with Gasteiger partial charge in [-0.05, 0) is 56.7 Å². The first kappa shape index (κ1) is 18.9. The van der Waals surface area contributed by atoms with E-state index in [0.717, 1.165) is 48.7 Å². The minimum absolute atomic E-state index is 0.0149. The van der Waals surface area contributed by atoms with Crippen LogP contribution in [0.1, 0.15) is 61.9 Å². The zero-order valence-electron chi connectivity index (χ0n) is 17.1. The number of rotatable bonds is 6. The molecule has 2 aromatic rings. The van der Waals surface area contributed by atoms with Gasteiger partial charge in [-0.3, -0.25) is 14.5 Å². The summed E-state index contributed by atoms with van der Waals surface area (Å²) in [5.41, 5.74) is 2.15. The number of amides is 1. The van der Waals surface area contributed by atoms with E-state index in [2.05, 4.69) is 15.2 Å². The third-order valence-corrected chi connectivity index (χ3v) is 7.23. The van der Waals surface area contributed by atoms with Gasteiger partial charge in [0.05, 0.1) is 12.2 Å². The van der Waals surface area contributed by atoms with Gasteiger partial charge in [-0.15, -0.1) is 0 Å². The summed E-state index contributed by atoms with van der Waals surface area (Å²) in [4.78, 5) is 31.1. The maximum Gasteiger partial charge on any atom is 0.238 e. The Hall–Kier alpha value is -2.14. The molecule has 5 rings (SSSR count). The van der Waals surface area contributed by atoms with Crippen molar-refractivity contribution < 1.29 is 9.59 Å². The molecule has 1 aliphatic heterocycles. The first-order valence-electron chi connectivity index (χ1n) is 11.4. The van der Waals surface area contributed by atoms with Crippen LogP contribution < -0.4 is 5.32 Å². The third-order valence-electron chi connectivity index (χ3n) is 7.23. The van der Waals surface area contributed by atoms with Crippen LogP contribution in [0.5, 0.6) is 0 Å². The minimum Gasteiger partial charge on any atom is -0.350 e. The Bertz CT molecular complexity index is 900. The van der Waals surface area contributed by atoms with Gasteiger partial charge in [-0.1, -0.05) is 43.9 Å². The lowest BCUT2D eigenvalue weighted by atomic mass is 9.83. The molecule has 0 bridgehead atoms. The van der Waals surface area contributed by atoms with Crippen LogP contribution in [-0.4, -0.2) is 41.2 Å². The average molecular weight is 394 g/mol. The number of benzene rings is 1. The molecule has 1 amide bonds. The highest BCUT2D eigenvalue weighted by Gasteiger charge is 2.34. The molecule has 0 radical (unpaired) electrons. The SMILES string of the molecule is O=C(CN1CCC(C2CCCC2)CC1)Nc1c(C(=O)C2CC2)[nH]c2ccccc12. The number of likely N-dealkylation sites (tertiary alicyclic amines) is 1. The molecule has 2 heterocycles. The summed E-state index contributed by atoms with van der Waals surface area (Å²) in [6, 6.07) is 7.83. The molecule has 5 nitrogen and oxygen atoms in total. The van der Waals surface area contributed by atoms with Crippen LogP contribution in [0.4, 0.5) is 5.69 Å². The van der Waals surface area contributed by atoms with Crippen molar-refractivity contribution >= 4 is 28.3 Å². The molecule has 29 heavy (non-hydrogen) atoms. The Labute approximate surface area is 172 Å². The molecule has 154 valence electrons. The molecule has 0 atom stereocenters. The van der Waals surface area contributed by atoms with Crippen LogP contribution in [0.15, 0.2) is 24.3 Å². The van der Waals surface area contributed by atoms with E-state index in [0.29, 0.717) is 17.9 Å². The normalized spacial score (nSPS) is 21.7. The number of H-pyrrole nitrogens is 1. The molecule has 2 saturated carbocycles. The molecule has 2 aliphatic carbocycles. The molecule has 3 aliphatic rings. The highest BCUT2D eigenvalue weighted by molar-refractivity contribution is 6.14. The van der Waals surface area contributed by atoms with E-state index in [4.69, 9.17) is 0 Å². The fraction of sp³-hybridized carbons (Fsp3) is 0.583. The number of carbonyl (C=O) groups excluding carboxylic acids is 2. The Kier molecular flexibility index (Phi) is 5.17. The summed E-state index contributed by atoms with van der Waals surface area (Å²) in [5.74, 6) is 2.02.